The molecule has 0 fully saturated rings. The summed E-state index contributed by atoms with van der Waals surface area (Å²) in [7, 11) is 0. The molecule has 0 heterocycles. The van der Waals surface area contributed by atoms with Crippen LogP contribution < -0.4 is 10.6 Å². The molecule has 0 bridgehead atoms. The third kappa shape index (κ3) is 11.5. The zero-order valence-electron chi connectivity index (χ0n) is 16.8. The maximum atomic E-state index is 10.5. The normalized spacial score (nSPS) is 21.7. The average Bonchev–Trinajstić information content (AvgIpc) is 2.67. The maximum Gasteiger partial charge on any atom is 0.139 e. The standard InChI is InChI=1S/C20H38N2O5/c1-3-5-11-26-15-18(23)13-21-17-7-9-20(25,10-8-17)22-14-19(24)16-27-12-6-4-2/h7-9,18-19,21-25H,3-6,10-16H2,1-2H3. The zero-order chi connectivity index (χ0) is 20.0. The lowest BCUT2D eigenvalue weighted by Gasteiger charge is -2.29. The van der Waals surface area contributed by atoms with Gasteiger partial charge in [-0.2, -0.15) is 0 Å². The Kier molecular flexibility index (Phi) is 12.6. The van der Waals surface area contributed by atoms with Gasteiger partial charge in [-0.1, -0.05) is 32.8 Å². The maximum absolute atomic E-state index is 10.5. The Bertz CT molecular complexity index is 444. The number of allylic oxidation sites excluding steroid dienone is 1. The predicted molar refractivity (Wildman–Crippen MR) is 106 cm³/mol. The van der Waals surface area contributed by atoms with Crippen LogP contribution in [0.2, 0.25) is 0 Å². The molecule has 0 amide bonds. The molecule has 0 aliphatic heterocycles. The number of nitrogens with one attached hydrogen (secondary N) is 2. The van der Waals surface area contributed by atoms with Crippen LogP contribution in [-0.2, 0) is 9.47 Å². The first-order valence-electron chi connectivity index (χ1n) is 10.1. The number of hydrogen-bond donors (Lipinski definition) is 5. The minimum absolute atomic E-state index is 0.247. The minimum Gasteiger partial charge on any atom is -0.389 e. The van der Waals surface area contributed by atoms with Gasteiger partial charge in [-0.3, -0.25) is 5.32 Å². The summed E-state index contributed by atoms with van der Waals surface area (Å²) in [6.45, 7) is 6.71. The Hall–Kier alpha value is -0.960. The summed E-state index contributed by atoms with van der Waals surface area (Å²) in [5, 5.41) is 36.4. The van der Waals surface area contributed by atoms with Crippen LogP contribution in [0.15, 0.2) is 23.9 Å². The lowest BCUT2D eigenvalue weighted by atomic mass is 10.0. The number of rotatable bonds is 16. The van der Waals surface area contributed by atoms with E-state index in [4.69, 9.17) is 9.47 Å². The van der Waals surface area contributed by atoms with Gasteiger partial charge in [0.2, 0.25) is 0 Å². The highest BCUT2D eigenvalue weighted by Crippen LogP contribution is 2.17. The van der Waals surface area contributed by atoms with Crippen molar-refractivity contribution < 1.29 is 24.8 Å². The second-order valence-corrected chi connectivity index (χ2v) is 7.05. The summed E-state index contributed by atoms with van der Waals surface area (Å²) >= 11 is 0. The van der Waals surface area contributed by atoms with Crippen LogP contribution in [0.25, 0.3) is 0 Å². The van der Waals surface area contributed by atoms with Crippen molar-refractivity contribution in [3.63, 3.8) is 0 Å². The van der Waals surface area contributed by atoms with Gasteiger partial charge in [0.25, 0.3) is 0 Å². The van der Waals surface area contributed by atoms with E-state index in [9.17, 15) is 15.3 Å². The van der Waals surface area contributed by atoms with E-state index in [1.54, 1.807) is 12.2 Å². The van der Waals surface area contributed by atoms with Gasteiger partial charge in [-0.25, -0.2) is 0 Å². The summed E-state index contributed by atoms with van der Waals surface area (Å²) in [6, 6.07) is 0. The number of unbranched alkanes of at least 4 members (excludes halogenated alkanes) is 2. The van der Waals surface area contributed by atoms with E-state index in [1.807, 2.05) is 6.08 Å². The van der Waals surface area contributed by atoms with Gasteiger partial charge in [0.1, 0.15) is 5.72 Å². The minimum atomic E-state index is -1.18. The lowest BCUT2D eigenvalue weighted by molar-refractivity contribution is 0.00634. The Morgan fingerprint density at radius 1 is 1.04 bits per heavy atom. The molecule has 7 heteroatoms. The summed E-state index contributed by atoms with van der Waals surface area (Å²) in [5.41, 5.74) is -0.338. The van der Waals surface area contributed by atoms with E-state index in [2.05, 4.69) is 24.5 Å². The SMILES string of the molecule is CCCCOCC(O)CNC1=CCC(O)(NCC(O)COCCCC)C=C1. The molecule has 158 valence electrons. The first-order valence-corrected chi connectivity index (χ1v) is 10.1. The molecule has 0 aromatic carbocycles. The number of hydrogen-bond acceptors (Lipinski definition) is 7. The fourth-order valence-corrected chi connectivity index (χ4v) is 2.47. The molecule has 3 atom stereocenters. The summed E-state index contributed by atoms with van der Waals surface area (Å²) in [5.74, 6) is 0. The van der Waals surface area contributed by atoms with Gasteiger partial charge in [0, 0.05) is 38.4 Å². The van der Waals surface area contributed by atoms with E-state index in [-0.39, 0.29) is 13.2 Å². The third-order valence-electron chi connectivity index (χ3n) is 4.26. The molecular formula is C20H38N2O5. The Morgan fingerprint density at radius 2 is 1.63 bits per heavy atom. The Morgan fingerprint density at radius 3 is 2.15 bits per heavy atom. The summed E-state index contributed by atoms with van der Waals surface area (Å²) in [6.07, 6.45) is 8.54. The highest BCUT2D eigenvalue weighted by Gasteiger charge is 2.25. The van der Waals surface area contributed by atoms with Crippen molar-refractivity contribution in [3.05, 3.63) is 23.9 Å². The zero-order valence-corrected chi connectivity index (χ0v) is 16.8. The summed E-state index contributed by atoms with van der Waals surface area (Å²) in [4.78, 5) is 0. The van der Waals surface area contributed by atoms with Crippen LogP contribution in [-0.4, -0.2) is 72.8 Å². The van der Waals surface area contributed by atoms with Crippen molar-refractivity contribution in [3.8, 4) is 0 Å². The molecule has 1 aliphatic rings. The number of aliphatic hydroxyl groups is 3. The van der Waals surface area contributed by atoms with Gasteiger partial charge in [0.15, 0.2) is 0 Å². The topological polar surface area (TPSA) is 103 Å². The quantitative estimate of drug-likeness (QED) is 0.200. The van der Waals surface area contributed by atoms with Crippen LogP contribution in [0.3, 0.4) is 0 Å². The van der Waals surface area contributed by atoms with E-state index in [0.29, 0.717) is 32.8 Å². The number of aliphatic hydroxyl groups excluding tert-OH is 2. The van der Waals surface area contributed by atoms with E-state index >= 15 is 0 Å². The molecule has 0 saturated heterocycles. The first kappa shape index (κ1) is 24.1. The predicted octanol–water partition coefficient (Wildman–Crippen LogP) is 1.05. The molecule has 0 aromatic heterocycles. The van der Waals surface area contributed by atoms with Gasteiger partial charge in [0.05, 0.1) is 25.4 Å². The second kappa shape index (κ2) is 14.1. The molecule has 0 spiro atoms. The molecule has 0 saturated carbocycles. The fraction of sp³-hybridized carbons (Fsp3) is 0.800. The molecule has 1 rings (SSSR count). The van der Waals surface area contributed by atoms with Crippen LogP contribution in [0.1, 0.15) is 46.0 Å². The first-order chi connectivity index (χ1) is 13.0. The van der Waals surface area contributed by atoms with Crippen molar-refractivity contribution >= 4 is 0 Å². The summed E-state index contributed by atoms with van der Waals surface area (Å²) < 4.78 is 10.8. The van der Waals surface area contributed by atoms with Crippen LogP contribution in [0.5, 0.6) is 0 Å². The highest BCUT2D eigenvalue weighted by atomic mass is 16.5. The van der Waals surface area contributed by atoms with Crippen LogP contribution >= 0.6 is 0 Å². The smallest absolute Gasteiger partial charge is 0.139 e. The molecule has 0 radical (unpaired) electrons. The van der Waals surface area contributed by atoms with E-state index in [1.165, 1.54) is 0 Å². The van der Waals surface area contributed by atoms with Crippen LogP contribution in [0.4, 0.5) is 0 Å². The highest BCUT2D eigenvalue weighted by molar-refractivity contribution is 5.26. The fourth-order valence-electron chi connectivity index (χ4n) is 2.47. The molecule has 3 unspecified atom stereocenters. The van der Waals surface area contributed by atoms with Crippen molar-refractivity contribution in [2.24, 2.45) is 0 Å². The van der Waals surface area contributed by atoms with Crippen molar-refractivity contribution in [1.29, 1.82) is 0 Å². The van der Waals surface area contributed by atoms with E-state index < -0.39 is 17.9 Å². The van der Waals surface area contributed by atoms with Crippen molar-refractivity contribution in [2.75, 3.05) is 39.5 Å². The number of ether oxygens (including phenoxy) is 2. The van der Waals surface area contributed by atoms with Crippen molar-refractivity contribution in [2.45, 2.75) is 63.9 Å². The molecule has 0 aromatic rings. The Labute approximate surface area is 163 Å². The average molecular weight is 387 g/mol. The van der Waals surface area contributed by atoms with E-state index in [0.717, 1.165) is 31.4 Å². The third-order valence-corrected chi connectivity index (χ3v) is 4.26. The molecular weight excluding hydrogens is 348 g/mol. The molecule has 27 heavy (non-hydrogen) atoms. The Balaban J connectivity index is 2.20. The molecule has 1 aliphatic carbocycles. The largest absolute Gasteiger partial charge is 0.389 e. The molecule has 7 nitrogen and oxygen atoms in total. The monoisotopic (exact) mass is 386 g/mol. The van der Waals surface area contributed by atoms with Gasteiger partial charge >= 0.3 is 0 Å². The van der Waals surface area contributed by atoms with Crippen molar-refractivity contribution in [1.82, 2.24) is 10.6 Å². The van der Waals surface area contributed by atoms with Gasteiger partial charge in [-0.05, 0) is 25.0 Å². The van der Waals surface area contributed by atoms with Crippen LogP contribution in [0, 0.1) is 0 Å². The van der Waals surface area contributed by atoms with Gasteiger partial charge < -0.3 is 30.1 Å². The van der Waals surface area contributed by atoms with Gasteiger partial charge in [-0.15, -0.1) is 0 Å². The molecule has 5 N–H and O–H groups in total. The second-order valence-electron chi connectivity index (χ2n) is 7.05. The lowest BCUT2D eigenvalue weighted by Crippen LogP contribution is -2.48.